The maximum absolute atomic E-state index is 11.6. The summed E-state index contributed by atoms with van der Waals surface area (Å²) in [7, 11) is 1.57. The van der Waals surface area contributed by atoms with Gasteiger partial charge in [-0.1, -0.05) is 12.8 Å². The van der Waals surface area contributed by atoms with Crippen molar-refractivity contribution in [3.8, 4) is 0 Å². The van der Waals surface area contributed by atoms with Crippen molar-refractivity contribution in [1.82, 2.24) is 5.32 Å². The number of ether oxygens (including phenoxy) is 1. The van der Waals surface area contributed by atoms with Gasteiger partial charge in [0.2, 0.25) is 5.91 Å². The van der Waals surface area contributed by atoms with Crippen LogP contribution in [0, 0.1) is 0 Å². The number of unbranched alkanes of at least 4 members (excludes halogenated alkanes) is 3. The lowest BCUT2D eigenvalue weighted by Crippen LogP contribution is -2.40. The van der Waals surface area contributed by atoms with E-state index in [-0.39, 0.29) is 5.91 Å². The number of carbonyl (C=O) groups is 2. The van der Waals surface area contributed by atoms with E-state index in [0.717, 1.165) is 25.7 Å². The molecule has 1 unspecified atom stereocenters. The molecule has 1 atom stereocenters. The molecule has 0 bridgehead atoms. The van der Waals surface area contributed by atoms with Gasteiger partial charge in [0.1, 0.15) is 6.04 Å². The van der Waals surface area contributed by atoms with E-state index in [9.17, 15) is 9.59 Å². The largest absolute Gasteiger partial charge is 0.480 e. The number of amides is 1. The summed E-state index contributed by atoms with van der Waals surface area (Å²) in [5, 5.41) is 11.5. The minimum atomic E-state index is -0.993. The van der Waals surface area contributed by atoms with Gasteiger partial charge in [0.05, 0.1) is 0 Å². The molecule has 0 saturated heterocycles. The van der Waals surface area contributed by atoms with Crippen LogP contribution in [0.25, 0.3) is 0 Å². The number of nitrogens with one attached hydrogen (secondary N) is 1. The summed E-state index contributed by atoms with van der Waals surface area (Å²) in [6.45, 7) is 1.17. The van der Waals surface area contributed by atoms with E-state index in [4.69, 9.17) is 15.6 Å². The summed E-state index contributed by atoms with van der Waals surface area (Å²) >= 11 is 0. The lowest BCUT2D eigenvalue weighted by atomic mass is 10.1. The number of nitrogens with two attached hydrogens (primary N) is 1. The van der Waals surface area contributed by atoms with Crippen LogP contribution in [0.4, 0.5) is 0 Å². The van der Waals surface area contributed by atoms with Crippen molar-refractivity contribution in [3.63, 3.8) is 0 Å². The van der Waals surface area contributed by atoms with Gasteiger partial charge in [-0.3, -0.25) is 4.79 Å². The van der Waals surface area contributed by atoms with Gasteiger partial charge in [0.15, 0.2) is 0 Å². The first-order chi connectivity index (χ1) is 9.11. The van der Waals surface area contributed by atoms with Gasteiger partial charge in [0, 0.05) is 20.1 Å². The van der Waals surface area contributed by atoms with Gasteiger partial charge >= 0.3 is 5.97 Å². The summed E-state index contributed by atoms with van der Waals surface area (Å²) in [5.74, 6) is -1.19. The molecular formula is C13H26N2O4. The van der Waals surface area contributed by atoms with Crippen LogP contribution >= 0.6 is 0 Å². The van der Waals surface area contributed by atoms with Crippen molar-refractivity contribution in [1.29, 1.82) is 0 Å². The third-order valence-electron chi connectivity index (χ3n) is 2.83. The molecule has 0 aromatic rings. The van der Waals surface area contributed by atoms with Crippen molar-refractivity contribution in [2.75, 3.05) is 20.3 Å². The molecule has 0 spiro atoms. The normalized spacial score (nSPS) is 12.1. The van der Waals surface area contributed by atoms with Crippen LogP contribution in [0.5, 0.6) is 0 Å². The minimum absolute atomic E-state index is 0.197. The summed E-state index contributed by atoms with van der Waals surface area (Å²) in [6.07, 6.45) is 5.09. The number of carboxylic acid groups (broad SMARTS) is 1. The standard InChI is InChI=1S/C13H26N2O4/c1-19-10-6-7-11(13(17)18)15-12(16)8-4-2-3-5-9-14/h11H,2-10,14H2,1H3,(H,15,16)(H,17,18). The Morgan fingerprint density at radius 2 is 1.89 bits per heavy atom. The summed E-state index contributed by atoms with van der Waals surface area (Å²) in [6, 6.07) is -0.813. The highest BCUT2D eigenvalue weighted by atomic mass is 16.5. The van der Waals surface area contributed by atoms with Crippen molar-refractivity contribution in [2.45, 2.75) is 51.0 Å². The second-order valence-corrected chi connectivity index (χ2v) is 4.55. The van der Waals surface area contributed by atoms with Crippen LogP contribution in [0.3, 0.4) is 0 Å². The Hall–Kier alpha value is -1.14. The molecule has 4 N–H and O–H groups in total. The number of hydrogen-bond donors (Lipinski definition) is 3. The highest BCUT2D eigenvalue weighted by Gasteiger charge is 2.18. The van der Waals surface area contributed by atoms with Gasteiger partial charge < -0.3 is 20.9 Å². The Kier molecular flexibility index (Phi) is 11.2. The third-order valence-corrected chi connectivity index (χ3v) is 2.83. The molecular weight excluding hydrogens is 248 g/mol. The Morgan fingerprint density at radius 3 is 2.47 bits per heavy atom. The van der Waals surface area contributed by atoms with E-state index < -0.39 is 12.0 Å². The summed E-state index contributed by atoms with van der Waals surface area (Å²) in [4.78, 5) is 22.6. The monoisotopic (exact) mass is 274 g/mol. The van der Waals surface area contributed by atoms with Gasteiger partial charge in [0.25, 0.3) is 0 Å². The van der Waals surface area contributed by atoms with E-state index >= 15 is 0 Å². The predicted molar refractivity (Wildman–Crippen MR) is 72.8 cm³/mol. The van der Waals surface area contributed by atoms with E-state index in [1.807, 2.05) is 0 Å². The molecule has 112 valence electrons. The molecule has 0 aromatic carbocycles. The van der Waals surface area contributed by atoms with E-state index in [1.165, 1.54) is 0 Å². The molecule has 1 amide bonds. The number of methoxy groups -OCH3 is 1. The van der Waals surface area contributed by atoms with E-state index in [1.54, 1.807) is 7.11 Å². The minimum Gasteiger partial charge on any atom is -0.480 e. The van der Waals surface area contributed by atoms with Crippen LogP contribution in [0.1, 0.15) is 44.9 Å². The lowest BCUT2D eigenvalue weighted by molar-refractivity contribution is -0.142. The lowest BCUT2D eigenvalue weighted by Gasteiger charge is -2.14. The molecule has 0 heterocycles. The zero-order valence-electron chi connectivity index (χ0n) is 11.7. The number of rotatable bonds is 12. The fraction of sp³-hybridized carbons (Fsp3) is 0.846. The molecule has 0 saturated carbocycles. The molecule has 0 aliphatic heterocycles. The van der Waals surface area contributed by atoms with Gasteiger partial charge in [-0.05, 0) is 32.2 Å². The molecule has 6 nitrogen and oxygen atoms in total. The fourth-order valence-electron chi connectivity index (χ4n) is 1.74. The van der Waals surface area contributed by atoms with Gasteiger partial charge in [-0.15, -0.1) is 0 Å². The van der Waals surface area contributed by atoms with Crippen molar-refractivity contribution in [3.05, 3.63) is 0 Å². The van der Waals surface area contributed by atoms with E-state index in [0.29, 0.717) is 32.4 Å². The number of aliphatic carboxylic acids is 1. The van der Waals surface area contributed by atoms with E-state index in [2.05, 4.69) is 5.32 Å². The maximum atomic E-state index is 11.6. The molecule has 19 heavy (non-hydrogen) atoms. The highest BCUT2D eigenvalue weighted by Crippen LogP contribution is 2.04. The van der Waals surface area contributed by atoms with Crippen molar-refractivity contribution < 1.29 is 19.4 Å². The number of carboxylic acids is 1. The van der Waals surface area contributed by atoms with Crippen LogP contribution in [0.15, 0.2) is 0 Å². The Morgan fingerprint density at radius 1 is 1.21 bits per heavy atom. The summed E-state index contributed by atoms with van der Waals surface area (Å²) in [5.41, 5.74) is 5.37. The smallest absolute Gasteiger partial charge is 0.326 e. The quantitative estimate of drug-likeness (QED) is 0.459. The highest BCUT2D eigenvalue weighted by molar-refractivity contribution is 5.83. The van der Waals surface area contributed by atoms with Crippen LogP contribution in [0.2, 0.25) is 0 Å². The second-order valence-electron chi connectivity index (χ2n) is 4.55. The van der Waals surface area contributed by atoms with Gasteiger partial charge in [-0.2, -0.15) is 0 Å². The van der Waals surface area contributed by atoms with Crippen molar-refractivity contribution >= 4 is 11.9 Å². The molecule has 0 fully saturated rings. The molecule has 6 heteroatoms. The SMILES string of the molecule is COCCCC(NC(=O)CCCCCCN)C(=O)O. The number of carbonyl (C=O) groups excluding carboxylic acids is 1. The second kappa shape index (κ2) is 11.9. The van der Waals surface area contributed by atoms with Crippen LogP contribution in [-0.4, -0.2) is 43.3 Å². The third kappa shape index (κ3) is 10.5. The molecule has 0 aliphatic carbocycles. The molecule has 0 radical (unpaired) electrons. The first-order valence-electron chi connectivity index (χ1n) is 6.83. The molecule has 0 aliphatic rings. The number of hydrogen-bond acceptors (Lipinski definition) is 4. The fourth-order valence-corrected chi connectivity index (χ4v) is 1.74. The average Bonchev–Trinajstić information content (AvgIpc) is 2.37. The van der Waals surface area contributed by atoms with Crippen LogP contribution < -0.4 is 11.1 Å². The molecule has 0 rings (SSSR count). The van der Waals surface area contributed by atoms with Crippen LogP contribution in [-0.2, 0) is 14.3 Å². The molecule has 0 aromatic heterocycles. The Balaban J connectivity index is 3.80. The average molecular weight is 274 g/mol. The zero-order chi connectivity index (χ0) is 14.5. The zero-order valence-corrected chi connectivity index (χ0v) is 11.7. The predicted octanol–water partition coefficient (Wildman–Crippen LogP) is 0.892. The maximum Gasteiger partial charge on any atom is 0.326 e. The summed E-state index contributed by atoms with van der Waals surface area (Å²) < 4.78 is 4.86. The topological polar surface area (TPSA) is 102 Å². The first-order valence-corrected chi connectivity index (χ1v) is 6.83. The Labute approximate surface area is 114 Å². The Bertz CT molecular complexity index is 259. The first kappa shape index (κ1) is 17.9. The van der Waals surface area contributed by atoms with Crippen molar-refractivity contribution in [2.24, 2.45) is 5.73 Å². The van der Waals surface area contributed by atoms with Gasteiger partial charge in [-0.25, -0.2) is 4.79 Å².